The summed E-state index contributed by atoms with van der Waals surface area (Å²) in [7, 11) is 0. The van der Waals surface area contributed by atoms with E-state index in [9.17, 15) is 13.6 Å². The van der Waals surface area contributed by atoms with Crippen LogP contribution in [0.25, 0.3) is 0 Å². The Kier molecular flexibility index (Phi) is 5.26. The molecular weight excluding hydrogens is 302 g/mol. The minimum Gasteiger partial charge on any atom is -0.489 e. The lowest BCUT2D eigenvalue weighted by molar-refractivity contribution is -0.151. The summed E-state index contributed by atoms with van der Waals surface area (Å²) in [5.74, 6) is 2.32. The van der Waals surface area contributed by atoms with Crippen molar-refractivity contribution in [3.63, 3.8) is 0 Å². The van der Waals surface area contributed by atoms with Crippen LogP contribution in [0.3, 0.4) is 0 Å². The van der Waals surface area contributed by atoms with E-state index in [0.29, 0.717) is 6.07 Å². The van der Waals surface area contributed by atoms with E-state index in [1.54, 1.807) is 5.59 Å². The molecule has 0 aliphatic carbocycles. The number of carbonyl (C=O) groups excluding carboxylic acids is 1. The monoisotopic (exact) mass is 310 g/mol. The standard InChI is InChI=1S/C9H9BrF2N2O3/c10-6-3-5(11)4-7(12)9(6)16-2-1-8(15)17-14-13/h3-4,14H,1-2,13H2. The molecule has 0 amide bonds. The predicted octanol–water partition coefficient (Wildman–Crippen LogP) is 1.42. The van der Waals surface area contributed by atoms with E-state index in [-0.39, 0.29) is 23.2 Å². The third-order valence-electron chi connectivity index (χ3n) is 1.69. The molecule has 0 unspecified atom stereocenters. The second-order valence-corrected chi connectivity index (χ2v) is 3.74. The van der Waals surface area contributed by atoms with Gasteiger partial charge in [-0.1, -0.05) is 5.59 Å². The summed E-state index contributed by atoms with van der Waals surface area (Å²) in [4.78, 5) is 15.0. The number of hydrogen-bond donors (Lipinski definition) is 2. The maximum absolute atomic E-state index is 13.2. The van der Waals surface area contributed by atoms with E-state index >= 15 is 0 Å². The summed E-state index contributed by atoms with van der Waals surface area (Å²) in [6.45, 7) is -0.123. The van der Waals surface area contributed by atoms with E-state index in [4.69, 9.17) is 10.6 Å². The molecule has 94 valence electrons. The third kappa shape index (κ3) is 4.25. The molecule has 0 fully saturated rings. The van der Waals surface area contributed by atoms with E-state index in [1.165, 1.54) is 0 Å². The smallest absolute Gasteiger partial charge is 0.329 e. The lowest BCUT2D eigenvalue weighted by Gasteiger charge is -2.08. The highest BCUT2D eigenvalue weighted by Crippen LogP contribution is 2.29. The quantitative estimate of drug-likeness (QED) is 0.635. The molecule has 1 rings (SSSR count). The average Bonchev–Trinajstić information content (AvgIpc) is 2.22. The summed E-state index contributed by atoms with van der Waals surface area (Å²) in [6.07, 6.45) is -0.131. The maximum atomic E-state index is 13.2. The van der Waals surface area contributed by atoms with Crippen LogP contribution in [0.15, 0.2) is 16.6 Å². The van der Waals surface area contributed by atoms with Gasteiger partial charge in [0.15, 0.2) is 11.6 Å². The Morgan fingerprint density at radius 3 is 2.76 bits per heavy atom. The van der Waals surface area contributed by atoms with Gasteiger partial charge in [-0.15, -0.1) is 0 Å². The van der Waals surface area contributed by atoms with Crippen LogP contribution >= 0.6 is 15.9 Å². The first kappa shape index (κ1) is 13.8. The van der Waals surface area contributed by atoms with Crippen LogP contribution in [0.1, 0.15) is 6.42 Å². The summed E-state index contributed by atoms with van der Waals surface area (Å²) in [5, 5.41) is 0. The maximum Gasteiger partial charge on any atom is 0.329 e. The minimum absolute atomic E-state index is 0.123. The van der Waals surface area contributed by atoms with Gasteiger partial charge < -0.3 is 9.57 Å². The van der Waals surface area contributed by atoms with Crippen molar-refractivity contribution in [1.29, 1.82) is 0 Å². The highest BCUT2D eigenvalue weighted by Gasteiger charge is 2.12. The molecule has 1 aromatic rings. The molecular formula is C9H9BrF2N2O3. The highest BCUT2D eigenvalue weighted by molar-refractivity contribution is 9.10. The number of benzene rings is 1. The van der Waals surface area contributed by atoms with Crippen molar-refractivity contribution in [3.8, 4) is 5.75 Å². The predicted molar refractivity (Wildman–Crippen MR) is 57.6 cm³/mol. The summed E-state index contributed by atoms with van der Waals surface area (Å²) in [6, 6.07) is 1.73. The first-order valence-corrected chi connectivity index (χ1v) is 5.26. The summed E-state index contributed by atoms with van der Waals surface area (Å²) >= 11 is 2.94. The molecule has 0 saturated heterocycles. The van der Waals surface area contributed by atoms with Gasteiger partial charge in [-0.25, -0.2) is 14.6 Å². The topological polar surface area (TPSA) is 73.6 Å². The van der Waals surface area contributed by atoms with E-state index in [1.807, 2.05) is 0 Å². The molecule has 0 bridgehead atoms. The Hall–Kier alpha value is -1.25. The molecule has 0 aliphatic heterocycles. The van der Waals surface area contributed by atoms with Crippen molar-refractivity contribution in [2.24, 2.45) is 5.84 Å². The average molecular weight is 311 g/mol. The van der Waals surface area contributed by atoms with E-state index in [0.717, 1.165) is 6.07 Å². The fourth-order valence-corrected chi connectivity index (χ4v) is 1.54. The van der Waals surface area contributed by atoms with Gasteiger partial charge >= 0.3 is 5.97 Å². The SMILES string of the molecule is NNOC(=O)CCOc1c(F)cc(F)cc1Br. The van der Waals surface area contributed by atoms with Crippen LogP contribution < -0.4 is 16.2 Å². The van der Waals surface area contributed by atoms with Crippen molar-refractivity contribution in [2.45, 2.75) is 6.42 Å². The molecule has 17 heavy (non-hydrogen) atoms. The molecule has 3 N–H and O–H groups in total. The second-order valence-electron chi connectivity index (χ2n) is 2.89. The largest absolute Gasteiger partial charge is 0.489 e. The van der Waals surface area contributed by atoms with Gasteiger partial charge in [0.2, 0.25) is 0 Å². The number of carbonyl (C=O) groups is 1. The highest BCUT2D eigenvalue weighted by atomic mass is 79.9. The molecule has 0 spiro atoms. The Morgan fingerprint density at radius 1 is 1.47 bits per heavy atom. The molecule has 0 aromatic heterocycles. The fraction of sp³-hybridized carbons (Fsp3) is 0.222. The molecule has 0 aliphatic rings. The van der Waals surface area contributed by atoms with Gasteiger partial charge in [0.25, 0.3) is 0 Å². The Bertz CT molecular complexity index is 394. The van der Waals surface area contributed by atoms with Crippen molar-refractivity contribution >= 4 is 21.9 Å². The number of halogens is 3. The van der Waals surface area contributed by atoms with Gasteiger partial charge in [-0.05, 0) is 22.0 Å². The molecule has 0 atom stereocenters. The number of nitrogens with one attached hydrogen (secondary N) is 1. The summed E-state index contributed by atoms with van der Waals surface area (Å²) in [5.41, 5.74) is 1.71. The zero-order valence-electron chi connectivity index (χ0n) is 8.50. The number of ether oxygens (including phenoxy) is 1. The van der Waals surface area contributed by atoms with Crippen molar-refractivity contribution < 1.29 is 23.1 Å². The van der Waals surface area contributed by atoms with Crippen LogP contribution in [0.2, 0.25) is 0 Å². The summed E-state index contributed by atoms with van der Waals surface area (Å²) < 4.78 is 31.1. The van der Waals surface area contributed by atoms with E-state index in [2.05, 4.69) is 20.8 Å². The Balaban J connectivity index is 2.55. The molecule has 8 heteroatoms. The zero-order valence-corrected chi connectivity index (χ0v) is 10.1. The Labute approximate surface area is 104 Å². The van der Waals surface area contributed by atoms with Gasteiger partial charge in [-0.3, -0.25) is 4.79 Å². The van der Waals surface area contributed by atoms with Gasteiger partial charge in [0, 0.05) is 6.07 Å². The Morgan fingerprint density at radius 2 is 2.18 bits per heavy atom. The number of hydrogen-bond acceptors (Lipinski definition) is 5. The first-order valence-electron chi connectivity index (χ1n) is 4.47. The molecule has 5 nitrogen and oxygen atoms in total. The van der Waals surface area contributed by atoms with Crippen LogP contribution in [-0.4, -0.2) is 12.6 Å². The molecule has 0 saturated carbocycles. The van der Waals surface area contributed by atoms with Crippen LogP contribution in [-0.2, 0) is 9.63 Å². The number of nitrogens with two attached hydrogens (primary N) is 1. The van der Waals surface area contributed by atoms with Crippen LogP contribution in [0.4, 0.5) is 8.78 Å². The van der Waals surface area contributed by atoms with Crippen molar-refractivity contribution in [1.82, 2.24) is 5.59 Å². The van der Waals surface area contributed by atoms with Gasteiger partial charge in [0.05, 0.1) is 17.5 Å². The molecule has 1 aromatic carbocycles. The van der Waals surface area contributed by atoms with Crippen molar-refractivity contribution in [3.05, 3.63) is 28.2 Å². The van der Waals surface area contributed by atoms with Crippen LogP contribution in [0, 0.1) is 11.6 Å². The fourth-order valence-electron chi connectivity index (χ4n) is 1.02. The van der Waals surface area contributed by atoms with E-state index < -0.39 is 17.6 Å². The molecule has 0 heterocycles. The normalized spacial score (nSPS) is 10.1. The lowest BCUT2D eigenvalue weighted by Crippen LogP contribution is -2.27. The van der Waals surface area contributed by atoms with Crippen molar-refractivity contribution in [2.75, 3.05) is 6.61 Å². The number of hydrazine groups is 1. The van der Waals surface area contributed by atoms with Gasteiger partial charge in [0.1, 0.15) is 5.82 Å². The lowest BCUT2D eigenvalue weighted by atomic mass is 10.3. The number of rotatable bonds is 5. The molecule has 0 radical (unpaired) electrons. The zero-order chi connectivity index (χ0) is 12.8. The third-order valence-corrected chi connectivity index (χ3v) is 2.28. The second kappa shape index (κ2) is 6.48. The van der Waals surface area contributed by atoms with Gasteiger partial charge in [-0.2, -0.15) is 0 Å². The minimum atomic E-state index is -0.859. The first-order chi connectivity index (χ1) is 8.04. The van der Waals surface area contributed by atoms with Crippen LogP contribution in [0.5, 0.6) is 5.75 Å².